The second-order valence-corrected chi connectivity index (χ2v) is 5.80. The molecule has 0 radical (unpaired) electrons. The van der Waals surface area contributed by atoms with Crippen LogP contribution in [0.25, 0.3) is 0 Å². The Labute approximate surface area is 116 Å². The molecule has 1 unspecified atom stereocenters. The monoisotopic (exact) mass is 311 g/mol. The third kappa shape index (κ3) is 3.12. The number of halogens is 1. The highest BCUT2D eigenvalue weighted by atomic mass is 79.9. The second kappa shape index (κ2) is 5.85. The summed E-state index contributed by atoms with van der Waals surface area (Å²) in [6, 6.07) is 5.51. The molecule has 0 aromatic heterocycles. The highest BCUT2D eigenvalue weighted by molar-refractivity contribution is 9.10. The van der Waals surface area contributed by atoms with Gasteiger partial charge in [0.15, 0.2) is 0 Å². The average Bonchev–Trinajstić information content (AvgIpc) is 2.79. The number of aliphatic carboxylic acids is 1. The van der Waals surface area contributed by atoms with Crippen LogP contribution in [0.2, 0.25) is 0 Å². The van der Waals surface area contributed by atoms with E-state index in [9.17, 15) is 9.90 Å². The summed E-state index contributed by atoms with van der Waals surface area (Å²) in [6.07, 6.45) is 4.54. The number of rotatable bonds is 4. The molecule has 2 N–H and O–H groups in total. The quantitative estimate of drug-likeness (QED) is 0.896. The summed E-state index contributed by atoms with van der Waals surface area (Å²) in [4.78, 5) is 11.4. The van der Waals surface area contributed by atoms with Crippen molar-refractivity contribution in [3.63, 3.8) is 0 Å². The largest absolute Gasteiger partial charge is 0.480 e. The summed E-state index contributed by atoms with van der Waals surface area (Å²) < 4.78 is 0.861. The number of benzene rings is 1. The highest BCUT2D eigenvalue weighted by Gasteiger charge is 2.26. The number of hydrogen-bond acceptors (Lipinski definition) is 2. The molecule has 1 aliphatic rings. The van der Waals surface area contributed by atoms with Gasteiger partial charge in [0, 0.05) is 10.5 Å². The minimum absolute atomic E-state index is 0.333. The zero-order chi connectivity index (χ0) is 13.1. The van der Waals surface area contributed by atoms with Gasteiger partial charge in [-0.15, -0.1) is 0 Å². The lowest BCUT2D eigenvalue weighted by molar-refractivity contribution is -0.139. The van der Waals surface area contributed by atoms with Crippen LogP contribution >= 0.6 is 15.9 Å². The number of nitrogens with one attached hydrogen (secondary N) is 1. The molecule has 1 aliphatic carbocycles. The predicted molar refractivity (Wildman–Crippen MR) is 74.6 cm³/mol. The van der Waals surface area contributed by atoms with Crippen LogP contribution in [0.5, 0.6) is 0 Å². The van der Waals surface area contributed by atoms with Gasteiger partial charge in [0.2, 0.25) is 0 Å². The Morgan fingerprint density at radius 3 is 2.67 bits per heavy atom. The van der Waals surface area contributed by atoms with Crippen LogP contribution in [0.15, 0.2) is 22.7 Å². The van der Waals surface area contributed by atoms with E-state index >= 15 is 0 Å². The smallest absolute Gasteiger partial charge is 0.325 e. The van der Waals surface area contributed by atoms with Gasteiger partial charge in [0.25, 0.3) is 0 Å². The summed E-state index contributed by atoms with van der Waals surface area (Å²) in [5.74, 6) is -0.813. The lowest BCUT2D eigenvalue weighted by atomic mass is 10.0. The van der Waals surface area contributed by atoms with Crippen molar-refractivity contribution in [3.8, 4) is 0 Å². The maximum atomic E-state index is 11.4. The topological polar surface area (TPSA) is 49.3 Å². The van der Waals surface area contributed by atoms with E-state index in [4.69, 9.17) is 0 Å². The Morgan fingerprint density at radius 1 is 1.44 bits per heavy atom. The van der Waals surface area contributed by atoms with Gasteiger partial charge in [0.1, 0.15) is 6.04 Å². The first-order chi connectivity index (χ1) is 8.58. The molecule has 0 bridgehead atoms. The van der Waals surface area contributed by atoms with Gasteiger partial charge in [-0.25, -0.2) is 0 Å². The summed E-state index contributed by atoms with van der Waals surface area (Å²) in [5, 5.41) is 12.7. The maximum absolute atomic E-state index is 11.4. The van der Waals surface area contributed by atoms with Crippen molar-refractivity contribution in [2.24, 2.45) is 0 Å². The Bertz CT molecular complexity index is 441. The van der Waals surface area contributed by atoms with Crippen LogP contribution in [-0.2, 0) is 4.79 Å². The van der Waals surface area contributed by atoms with E-state index < -0.39 is 12.0 Å². The first-order valence-corrected chi connectivity index (χ1v) is 7.12. The molecule has 1 fully saturated rings. The predicted octanol–water partition coefficient (Wildman–Crippen LogP) is 3.42. The molecule has 98 valence electrons. The minimum Gasteiger partial charge on any atom is -0.480 e. The van der Waals surface area contributed by atoms with Crippen molar-refractivity contribution >= 4 is 21.9 Å². The summed E-state index contributed by atoms with van der Waals surface area (Å²) in [6.45, 7) is 1.99. The van der Waals surface area contributed by atoms with Gasteiger partial charge >= 0.3 is 5.97 Å². The van der Waals surface area contributed by atoms with Gasteiger partial charge < -0.3 is 5.11 Å². The lowest BCUT2D eigenvalue weighted by Crippen LogP contribution is -2.35. The van der Waals surface area contributed by atoms with E-state index in [0.717, 1.165) is 28.4 Å². The first kappa shape index (κ1) is 13.6. The fraction of sp³-hybridized carbons (Fsp3) is 0.500. The molecule has 0 spiro atoms. The standard InChI is InChI=1S/C14H18BrNO2/c1-9-6-7-11(12(15)8-9)13(14(17)18)16-10-4-2-3-5-10/h6-8,10,13,16H,2-5H2,1H3,(H,17,18). The van der Waals surface area contributed by atoms with Crippen LogP contribution in [-0.4, -0.2) is 17.1 Å². The summed E-state index contributed by atoms with van der Waals surface area (Å²) >= 11 is 3.46. The molecule has 0 aliphatic heterocycles. The SMILES string of the molecule is Cc1ccc(C(NC2CCCC2)C(=O)O)c(Br)c1. The third-order valence-electron chi connectivity index (χ3n) is 3.47. The molecule has 1 aromatic carbocycles. The first-order valence-electron chi connectivity index (χ1n) is 6.33. The number of hydrogen-bond donors (Lipinski definition) is 2. The van der Waals surface area contributed by atoms with E-state index in [1.54, 1.807) is 0 Å². The van der Waals surface area contributed by atoms with Crippen LogP contribution in [0.1, 0.15) is 42.9 Å². The Balaban J connectivity index is 2.20. The summed E-state index contributed by atoms with van der Waals surface area (Å²) in [7, 11) is 0. The van der Waals surface area contributed by atoms with Gasteiger partial charge in [-0.1, -0.05) is 40.9 Å². The Kier molecular flexibility index (Phi) is 4.40. The van der Waals surface area contributed by atoms with Crippen molar-refractivity contribution in [2.45, 2.75) is 44.7 Å². The van der Waals surface area contributed by atoms with Crippen molar-refractivity contribution in [1.29, 1.82) is 0 Å². The van der Waals surface area contributed by atoms with Gasteiger partial charge in [0.05, 0.1) is 0 Å². The Hall–Kier alpha value is -0.870. The van der Waals surface area contributed by atoms with Gasteiger partial charge in [-0.2, -0.15) is 0 Å². The van der Waals surface area contributed by atoms with E-state index in [0.29, 0.717) is 6.04 Å². The fourth-order valence-corrected chi connectivity index (χ4v) is 3.21. The van der Waals surface area contributed by atoms with E-state index in [1.807, 2.05) is 25.1 Å². The molecule has 0 amide bonds. The fourth-order valence-electron chi connectivity index (χ4n) is 2.49. The Morgan fingerprint density at radius 2 is 2.11 bits per heavy atom. The highest BCUT2D eigenvalue weighted by Crippen LogP contribution is 2.27. The zero-order valence-corrected chi connectivity index (χ0v) is 12.0. The van der Waals surface area contributed by atoms with Gasteiger partial charge in [-0.3, -0.25) is 10.1 Å². The van der Waals surface area contributed by atoms with Crippen molar-refractivity contribution in [1.82, 2.24) is 5.32 Å². The minimum atomic E-state index is -0.813. The van der Waals surface area contributed by atoms with Crippen LogP contribution in [0.3, 0.4) is 0 Å². The molecule has 1 saturated carbocycles. The summed E-state index contributed by atoms with van der Waals surface area (Å²) in [5.41, 5.74) is 1.93. The number of aryl methyl sites for hydroxylation is 1. The van der Waals surface area contributed by atoms with Crippen LogP contribution in [0.4, 0.5) is 0 Å². The van der Waals surface area contributed by atoms with E-state index in [2.05, 4.69) is 21.2 Å². The molecule has 0 saturated heterocycles. The zero-order valence-electron chi connectivity index (χ0n) is 10.4. The molecular formula is C14H18BrNO2. The van der Waals surface area contributed by atoms with Gasteiger partial charge in [-0.05, 0) is 37.0 Å². The number of carbonyl (C=O) groups is 1. The lowest BCUT2D eigenvalue weighted by Gasteiger charge is -2.21. The van der Waals surface area contributed by atoms with Crippen molar-refractivity contribution in [3.05, 3.63) is 33.8 Å². The van der Waals surface area contributed by atoms with Crippen LogP contribution < -0.4 is 5.32 Å². The molecule has 0 heterocycles. The molecule has 3 nitrogen and oxygen atoms in total. The van der Waals surface area contributed by atoms with Crippen molar-refractivity contribution < 1.29 is 9.90 Å². The van der Waals surface area contributed by atoms with E-state index in [1.165, 1.54) is 12.8 Å². The molecule has 1 aromatic rings. The normalized spacial score (nSPS) is 17.9. The number of carboxylic acids is 1. The van der Waals surface area contributed by atoms with E-state index in [-0.39, 0.29) is 0 Å². The third-order valence-corrected chi connectivity index (χ3v) is 4.16. The maximum Gasteiger partial charge on any atom is 0.325 e. The number of carboxylic acid groups (broad SMARTS) is 1. The molecule has 2 rings (SSSR count). The van der Waals surface area contributed by atoms with Crippen LogP contribution in [0, 0.1) is 6.92 Å². The molecular weight excluding hydrogens is 294 g/mol. The van der Waals surface area contributed by atoms with Crippen molar-refractivity contribution in [2.75, 3.05) is 0 Å². The molecule has 18 heavy (non-hydrogen) atoms. The molecule has 1 atom stereocenters. The average molecular weight is 312 g/mol. The second-order valence-electron chi connectivity index (χ2n) is 4.94. The molecule has 4 heteroatoms.